The number of rotatable bonds is 3. The summed E-state index contributed by atoms with van der Waals surface area (Å²) in [4.78, 5) is 4.81. The summed E-state index contributed by atoms with van der Waals surface area (Å²) in [6.45, 7) is 8.96. The van der Waals surface area contributed by atoms with Crippen molar-refractivity contribution in [3.05, 3.63) is 168 Å². The molecule has 0 aliphatic carbocycles. The second kappa shape index (κ2) is 11.1. The van der Waals surface area contributed by atoms with Crippen LogP contribution in [0.1, 0.15) is 49.9 Å². The summed E-state index contributed by atoms with van der Waals surface area (Å²) in [6.07, 6.45) is 0. The van der Waals surface area contributed by atoms with Crippen molar-refractivity contribution in [1.82, 2.24) is 0 Å². The van der Waals surface area contributed by atoms with Gasteiger partial charge >= 0.3 is 0 Å². The van der Waals surface area contributed by atoms with Gasteiger partial charge in [0, 0.05) is 33.6 Å². The summed E-state index contributed by atoms with van der Waals surface area (Å²) >= 11 is 0. The monoisotopic (exact) mass is 592 g/mol. The Morgan fingerprint density at radius 3 is 0.783 bits per heavy atom. The second-order valence-corrected chi connectivity index (χ2v) is 12.3. The molecule has 0 aromatic heterocycles. The fourth-order valence-corrected chi connectivity index (χ4v) is 7.17. The number of hydrogen-bond acceptors (Lipinski definition) is 2. The molecule has 0 bridgehead atoms. The van der Waals surface area contributed by atoms with Crippen molar-refractivity contribution in [2.24, 2.45) is 0 Å². The predicted molar refractivity (Wildman–Crippen MR) is 198 cm³/mol. The van der Waals surface area contributed by atoms with E-state index in [0.717, 1.165) is 11.4 Å². The lowest BCUT2D eigenvalue weighted by atomic mass is 9.97. The zero-order valence-corrected chi connectivity index (χ0v) is 26.8. The number of para-hydroxylation sites is 4. The fourth-order valence-electron chi connectivity index (χ4n) is 7.17. The van der Waals surface area contributed by atoms with E-state index in [-0.39, 0.29) is 0 Å². The minimum absolute atomic E-state index is 1.15. The van der Waals surface area contributed by atoms with Crippen LogP contribution in [0, 0.1) is 0 Å². The summed E-state index contributed by atoms with van der Waals surface area (Å²) < 4.78 is 0. The third-order valence-corrected chi connectivity index (χ3v) is 9.91. The van der Waals surface area contributed by atoms with Gasteiger partial charge in [0.05, 0.1) is 22.7 Å². The average Bonchev–Trinajstić information content (AvgIpc) is 3.27. The van der Waals surface area contributed by atoms with Gasteiger partial charge in [0.1, 0.15) is 0 Å². The average molecular weight is 593 g/mol. The Bertz CT molecular complexity index is 1910. The molecule has 0 saturated heterocycles. The highest BCUT2D eigenvalue weighted by Crippen LogP contribution is 2.49. The summed E-state index contributed by atoms with van der Waals surface area (Å²) in [6, 6.07) is 53.0. The van der Waals surface area contributed by atoms with Gasteiger partial charge in [-0.1, -0.05) is 97.1 Å². The summed E-state index contributed by atoms with van der Waals surface area (Å²) in [5, 5.41) is 0. The van der Waals surface area contributed by atoms with Crippen LogP contribution in [0.15, 0.2) is 146 Å². The van der Waals surface area contributed by atoms with Crippen LogP contribution in [0.4, 0.5) is 34.1 Å². The smallest absolute Gasteiger partial charge is 0.0537 e. The van der Waals surface area contributed by atoms with Gasteiger partial charge < -0.3 is 9.80 Å². The van der Waals surface area contributed by atoms with Crippen molar-refractivity contribution >= 4 is 56.4 Å². The second-order valence-electron chi connectivity index (χ2n) is 12.3. The first-order valence-electron chi connectivity index (χ1n) is 16.0. The number of fused-ring (bicyclic) bond motifs is 4. The van der Waals surface area contributed by atoms with Gasteiger partial charge in [-0.2, -0.15) is 0 Å². The molecule has 0 N–H and O–H groups in total. The van der Waals surface area contributed by atoms with Crippen LogP contribution in [0.25, 0.3) is 33.4 Å². The van der Waals surface area contributed by atoms with Gasteiger partial charge in [-0.15, -0.1) is 0 Å². The molecule has 46 heavy (non-hydrogen) atoms. The topological polar surface area (TPSA) is 6.48 Å². The first kappa shape index (κ1) is 27.9. The Labute approximate surface area is 272 Å². The summed E-state index contributed by atoms with van der Waals surface area (Å²) in [5.74, 6) is 0. The van der Waals surface area contributed by atoms with Gasteiger partial charge in [0.2, 0.25) is 0 Å². The molecule has 0 saturated carbocycles. The van der Waals surface area contributed by atoms with Crippen molar-refractivity contribution in [3.8, 4) is 11.1 Å². The van der Waals surface area contributed by atoms with E-state index in [0.29, 0.717) is 0 Å². The lowest BCUT2D eigenvalue weighted by Gasteiger charge is -2.28. The molecule has 0 atom stereocenters. The largest absolute Gasteiger partial charge is 0.309 e. The van der Waals surface area contributed by atoms with Crippen molar-refractivity contribution in [3.63, 3.8) is 0 Å². The van der Waals surface area contributed by atoms with E-state index in [1.165, 1.54) is 78.4 Å². The molecule has 6 aromatic carbocycles. The number of allylic oxidation sites excluding steroid dienone is 4. The number of benzene rings is 6. The highest BCUT2D eigenvalue weighted by atomic mass is 15.2. The minimum Gasteiger partial charge on any atom is -0.309 e. The first-order chi connectivity index (χ1) is 22.5. The molecule has 8 rings (SSSR count). The van der Waals surface area contributed by atoms with E-state index in [4.69, 9.17) is 0 Å². The quantitative estimate of drug-likeness (QED) is 0.202. The third kappa shape index (κ3) is 4.41. The van der Waals surface area contributed by atoms with E-state index in [2.05, 4.69) is 183 Å². The zero-order chi connectivity index (χ0) is 31.4. The van der Waals surface area contributed by atoms with Gasteiger partial charge in [0.15, 0.2) is 0 Å². The standard InChI is InChI=1S/C44H36N2/c1-29-30(2)38-14-6-10-18-42(38)45(41-17-9-5-13-37(29)41)35-25-21-33(22-26-35)34-23-27-36(28-24-34)46-43-19-11-7-15-39(43)31(3)32(4)40-16-8-12-20-44(40)46/h5-28H,1-4H3. The van der Waals surface area contributed by atoms with Gasteiger partial charge in [-0.3, -0.25) is 0 Å². The number of nitrogens with zero attached hydrogens (tertiary/aromatic N) is 2. The molecule has 2 nitrogen and oxygen atoms in total. The third-order valence-electron chi connectivity index (χ3n) is 9.91. The molecule has 2 heterocycles. The number of anilines is 6. The van der Waals surface area contributed by atoms with Crippen LogP contribution in [0.2, 0.25) is 0 Å². The summed E-state index contributed by atoms with van der Waals surface area (Å²) in [7, 11) is 0. The molecule has 6 aromatic rings. The number of hydrogen-bond donors (Lipinski definition) is 0. The van der Waals surface area contributed by atoms with Gasteiger partial charge in [-0.05, 0) is 110 Å². The maximum atomic E-state index is 2.41. The zero-order valence-electron chi connectivity index (χ0n) is 26.8. The van der Waals surface area contributed by atoms with Gasteiger partial charge in [-0.25, -0.2) is 0 Å². The van der Waals surface area contributed by atoms with E-state index >= 15 is 0 Å². The Morgan fingerprint density at radius 1 is 0.283 bits per heavy atom. The van der Waals surface area contributed by atoms with Crippen LogP contribution < -0.4 is 9.80 Å². The molecule has 0 spiro atoms. The van der Waals surface area contributed by atoms with Gasteiger partial charge in [0.25, 0.3) is 0 Å². The normalized spacial score (nSPS) is 13.8. The van der Waals surface area contributed by atoms with Crippen molar-refractivity contribution in [1.29, 1.82) is 0 Å². The van der Waals surface area contributed by atoms with Crippen molar-refractivity contribution in [2.75, 3.05) is 9.80 Å². The molecule has 222 valence electrons. The molecule has 2 heteroatoms. The molecule has 2 aliphatic rings. The maximum absolute atomic E-state index is 2.41. The van der Waals surface area contributed by atoms with E-state index in [1.807, 2.05) is 0 Å². The molecule has 0 radical (unpaired) electrons. The Balaban J connectivity index is 1.17. The molecular weight excluding hydrogens is 556 g/mol. The molecule has 0 amide bonds. The van der Waals surface area contributed by atoms with Crippen LogP contribution in [0.5, 0.6) is 0 Å². The minimum atomic E-state index is 1.15. The van der Waals surface area contributed by atoms with Crippen LogP contribution in [-0.4, -0.2) is 0 Å². The van der Waals surface area contributed by atoms with E-state index in [1.54, 1.807) is 0 Å². The first-order valence-corrected chi connectivity index (χ1v) is 16.0. The van der Waals surface area contributed by atoms with Crippen LogP contribution in [-0.2, 0) is 0 Å². The van der Waals surface area contributed by atoms with E-state index < -0.39 is 0 Å². The molecule has 0 unspecified atom stereocenters. The lowest BCUT2D eigenvalue weighted by Crippen LogP contribution is -2.12. The van der Waals surface area contributed by atoms with E-state index in [9.17, 15) is 0 Å². The van der Waals surface area contributed by atoms with Crippen LogP contribution >= 0.6 is 0 Å². The van der Waals surface area contributed by atoms with Crippen molar-refractivity contribution < 1.29 is 0 Å². The molecular formula is C44H36N2. The summed E-state index contributed by atoms with van der Waals surface area (Å²) in [5.41, 5.74) is 19.9. The fraction of sp³-hybridized carbons (Fsp3) is 0.0909. The highest BCUT2D eigenvalue weighted by Gasteiger charge is 2.25. The van der Waals surface area contributed by atoms with Crippen molar-refractivity contribution in [2.45, 2.75) is 27.7 Å². The molecule has 2 aliphatic heterocycles. The Hall–Kier alpha value is -5.60. The predicted octanol–water partition coefficient (Wildman–Crippen LogP) is 12.8. The maximum Gasteiger partial charge on any atom is 0.0537 e. The lowest BCUT2D eigenvalue weighted by molar-refractivity contribution is 1.27. The Kier molecular flexibility index (Phi) is 6.73. The Morgan fingerprint density at radius 2 is 0.522 bits per heavy atom. The van der Waals surface area contributed by atoms with Crippen LogP contribution in [0.3, 0.4) is 0 Å². The highest BCUT2D eigenvalue weighted by molar-refractivity contribution is 6.03. The SMILES string of the molecule is CC1=C(C)c2ccccc2N(c2ccc(-c3ccc(N4c5ccccc5C(C)=C(C)c5ccccc54)cc3)cc2)c2ccccc21. The molecule has 0 fully saturated rings.